The SMILES string of the molecule is CCc1nn(CCCOC(=O)c2cc(C)on2)c2c1C(=O)NCC1(CCOCC1)C2. The summed E-state index contributed by atoms with van der Waals surface area (Å²) in [5.41, 5.74) is 2.71. The fraction of sp³-hybridized carbons (Fsp3) is 0.619. The van der Waals surface area contributed by atoms with Crippen molar-refractivity contribution in [2.75, 3.05) is 26.4 Å². The van der Waals surface area contributed by atoms with Gasteiger partial charge in [0, 0.05) is 38.8 Å². The van der Waals surface area contributed by atoms with Crippen LogP contribution >= 0.6 is 0 Å². The molecule has 0 saturated carbocycles. The molecule has 0 radical (unpaired) electrons. The number of ether oxygens (including phenoxy) is 2. The molecule has 1 saturated heterocycles. The molecule has 1 N–H and O–H groups in total. The van der Waals surface area contributed by atoms with Gasteiger partial charge in [-0.1, -0.05) is 12.1 Å². The predicted molar refractivity (Wildman–Crippen MR) is 106 cm³/mol. The van der Waals surface area contributed by atoms with Crippen molar-refractivity contribution in [1.82, 2.24) is 20.3 Å². The lowest BCUT2D eigenvalue weighted by Gasteiger charge is -2.36. The third-order valence-corrected chi connectivity index (χ3v) is 6.00. The maximum Gasteiger partial charge on any atom is 0.360 e. The molecule has 1 fully saturated rings. The Hall–Kier alpha value is -2.68. The summed E-state index contributed by atoms with van der Waals surface area (Å²) in [5.74, 6) is 0.0267. The van der Waals surface area contributed by atoms with Gasteiger partial charge in [-0.05, 0) is 38.0 Å². The van der Waals surface area contributed by atoms with Crippen molar-refractivity contribution in [3.05, 3.63) is 34.5 Å². The summed E-state index contributed by atoms with van der Waals surface area (Å²) in [6, 6.07) is 1.55. The highest BCUT2D eigenvalue weighted by Gasteiger charge is 2.39. The highest BCUT2D eigenvalue weighted by Crippen LogP contribution is 2.37. The van der Waals surface area contributed by atoms with E-state index < -0.39 is 5.97 Å². The number of nitrogens with zero attached hydrogens (tertiary/aromatic N) is 3. The fourth-order valence-electron chi connectivity index (χ4n) is 4.27. The molecule has 4 heterocycles. The van der Waals surface area contributed by atoms with Gasteiger partial charge in [0.05, 0.1) is 23.6 Å². The zero-order valence-corrected chi connectivity index (χ0v) is 17.5. The molecule has 0 aromatic carbocycles. The molecule has 0 atom stereocenters. The van der Waals surface area contributed by atoms with Crippen LogP contribution in [0.2, 0.25) is 0 Å². The molecular formula is C21H28N4O5. The molecule has 0 unspecified atom stereocenters. The smallest absolute Gasteiger partial charge is 0.360 e. The van der Waals surface area contributed by atoms with Crippen LogP contribution < -0.4 is 5.32 Å². The number of esters is 1. The second-order valence-corrected chi connectivity index (χ2v) is 8.13. The number of carbonyl (C=O) groups is 2. The van der Waals surface area contributed by atoms with Crippen LogP contribution in [0, 0.1) is 12.3 Å². The van der Waals surface area contributed by atoms with Crippen LogP contribution in [-0.2, 0) is 28.9 Å². The highest BCUT2D eigenvalue weighted by molar-refractivity contribution is 5.97. The van der Waals surface area contributed by atoms with Gasteiger partial charge in [-0.3, -0.25) is 9.48 Å². The van der Waals surface area contributed by atoms with Crippen LogP contribution in [0.3, 0.4) is 0 Å². The van der Waals surface area contributed by atoms with Crippen LogP contribution in [0.4, 0.5) is 0 Å². The summed E-state index contributed by atoms with van der Waals surface area (Å²) in [6.45, 7) is 6.66. The molecule has 9 heteroatoms. The van der Waals surface area contributed by atoms with E-state index in [4.69, 9.17) is 19.1 Å². The van der Waals surface area contributed by atoms with E-state index in [0.717, 1.165) is 49.4 Å². The molecule has 9 nitrogen and oxygen atoms in total. The Balaban J connectivity index is 1.46. The molecule has 4 rings (SSSR count). The largest absolute Gasteiger partial charge is 0.461 e. The van der Waals surface area contributed by atoms with Gasteiger partial charge in [0.1, 0.15) is 5.76 Å². The van der Waals surface area contributed by atoms with E-state index in [1.165, 1.54) is 0 Å². The molecule has 1 amide bonds. The number of carbonyl (C=O) groups excluding carboxylic acids is 2. The lowest BCUT2D eigenvalue weighted by Crippen LogP contribution is -2.40. The van der Waals surface area contributed by atoms with Gasteiger partial charge in [0.25, 0.3) is 5.91 Å². The number of hydrogen-bond donors (Lipinski definition) is 1. The maximum absolute atomic E-state index is 12.8. The van der Waals surface area contributed by atoms with E-state index in [2.05, 4.69) is 10.5 Å². The van der Waals surface area contributed by atoms with E-state index in [1.807, 2.05) is 11.6 Å². The molecule has 2 aromatic rings. The topological polar surface area (TPSA) is 108 Å². The summed E-state index contributed by atoms with van der Waals surface area (Å²) in [4.78, 5) is 24.8. The van der Waals surface area contributed by atoms with E-state index in [9.17, 15) is 9.59 Å². The van der Waals surface area contributed by atoms with Gasteiger partial charge in [0.2, 0.25) is 0 Å². The summed E-state index contributed by atoms with van der Waals surface area (Å²) < 4.78 is 17.7. The highest BCUT2D eigenvalue weighted by atomic mass is 16.5. The third kappa shape index (κ3) is 4.12. The molecular weight excluding hydrogens is 388 g/mol. The van der Waals surface area contributed by atoms with Crippen molar-refractivity contribution in [3.8, 4) is 0 Å². The van der Waals surface area contributed by atoms with Crippen molar-refractivity contribution in [2.45, 2.75) is 52.5 Å². The Morgan fingerprint density at radius 3 is 2.87 bits per heavy atom. The first-order valence-corrected chi connectivity index (χ1v) is 10.6. The first-order chi connectivity index (χ1) is 14.5. The Morgan fingerprint density at radius 2 is 2.17 bits per heavy atom. The van der Waals surface area contributed by atoms with Crippen molar-refractivity contribution in [3.63, 3.8) is 0 Å². The fourth-order valence-corrected chi connectivity index (χ4v) is 4.27. The number of aryl methyl sites for hydroxylation is 3. The summed E-state index contributed by atoms with van der Waals surface area (Å²) in [7, 11) is 0. The minimum Gasteiger partial charge on any atom is -0.461 e. The number of aromatic nitrogens is 3. The van der Waals surface area contributed by atoms with E-state index in [1.54, 1.807) is 13.0 Å². The van der Waals surface area contributed by atoms with Gasteiger partial charge >= 0.3 is 5.97 Å². The Labute approximate surface area is 175 Å². The summed E-state index contributed by atoms with van der Waals surface area (Å²) >= 11 is 0. The van der Waals surface area contributed by atoms with E-state index in [-0.39, 0.29) is 23.6 Å². The van der Waals surface area contributed by atoms with Crippen LogP contribution in [0.1, 0.15) is 64.2 Å². The van der Waals surface area contributed by atoms with E-state index >= 15 is 0 Å². The number of fused-ring (bicyclic) bond motifs is 1. The standard InChI is InChI=1S/C21H28N4O5/c1-3-15-18-17(12-21(13-22-19(18)26)5-9-28-10-6-21)25(23-15)7-4-8-29-20(27)16-11-14(2)30-24-16/h11H,3-10,12-13H2,1-2H3,(H,22,26). The molecule has 1 spiro atoms. The van der Waals surface area contributed by atoms with Gasteiger partial charge in [0.15, 0.2) is 5.69 Å². The van der Waals surface area contributed by atoms with Crippen molar-refractivity contribution < 1.29 is 23.6 Å². The predicted octanol–water partition coefficient (Wildman–Crippen LogP) is 2.07. The molecule has 2 aliphatic rings. The number of nitrogens with one attached hydrogen (secondary N) is 1. The van der Waals surface area contributed by atoms with Gasteiger partial charge in [-0.25, -0.2) is 4.79 Å². The second-order valence-electron chi connectivity index (χ2n) is 8.13. The van der Waals surface area contributed by atoms with Crippen LogP contribution in [0.15, 0.2) is 10.6 Å². The molecule has 2 aromatic heterocycles. The number of rotatable bonds is 6. The van der Waals surface area contributed by atoms with Crippen LogP contribution in [0.25, 0.3) is 0 Å². The second kappa shape index (κ2) is 8.59. The molecule has 0 aliphatic carbocycles. The minimum atomic E-state index is -0.499. The Morgan fingerprint density at radius 1 is 1.37 bits per heavy atom. The average Bonchev–Trinajstić information content (AvgIpc) is 3.30. The lowest BCUT2D eigenvalue weighted by molar-refractivity contribution is 0.0152. The van der Waals surface area contributed by atoms with Gasteiger partial charge in [-0.2, -0.15) is 5.10 Å². The number of amides is 1. The monoisotopic (exact) mass is 416 g/mol. The summed E-state index contributed by atoms with van der Waals surface area (Å²) in [5, 5.41) is 11.5. The zero-order chi connectivity index (χ0) is 21.1. The first kappa shape index (κ1) is 20.6. The Bertz CT molecular complexity index is 926. The van der Waals surface area contributed by atoms with E-state index in [0.29, 0.717) is 31.7 Å². The van der Waals surface area contributed by atoms with Crippen molar-refractivity contribution in [1.29, 1.82) is 0 Å². The molecule has 0 bridgehead atoms. The van der Waals surface area contributed by atoms with Gasteiger partial charge in [-0.15, -0.1) is 0 Å². The lowest BCUT2D eigenvalue weighted by atomic mass is 9.76. The number of hydrogen-bond acceptors (Lipinski definition) is 7. The first-order valence-electron chi connectivity index (χ1n) is 10.6. The van der Waals surface area contributed by atoms with Crippen molar-refractivity contribution in [2.24, 2.45) is 5.41 Å². The average molecular weight is 416 g/mol. The molecule has 162 valence electrons. The quantitative estimate of drug-likeness (QED) is 0.567. The molecule has 30 heavy (non-hydrogen) atoms. The van der Waals surface area contributed by atoms with Crippen molar-refractivity contribution >= 4 is 11.9 Å². The summed E-state index contributed by atoms with van der Waals surface area (Å²) in [6.07, 6.45) is 3.94. The molecule has 2 aliphatic heterocycles. The maximum atomic E-state index is 12.8. The van der Waals surface area contributed by atoms with Crippen LogP contribution in [-0.4, -0.2) is 53.2 Å². The Kier molecular flexibility index (Phi) is 5.90. The zero-order valence-electron chi connectivity index (χ0n) is 17.5. The third-order valence-electron chi connectivity index (χ3n) is 6.00. The van der Waals surface area contributed by atoms with Crippen LogP contribution in [0.5, 0.6) is 0 Å². The van der Waals surface area contributed by atoms with Gasteiger partial charge < -0.3 is 19.3 Å². The normalized spacial score (nSPS) is 18.0. The minimum absolute atomic E-state index is 0.0131.